The molecule has 0 aliphatic rings. The van der Waals surface area contributed by atoms with E-state index >= 15 is 0 Å². The van der Waals surface area contributed by atoms with Crippen molar-refractivity contribution in [3.05, 3.63) is 72.3 Å². The second kappa shape index (κ2) is 8.63. The lowest BCUT2D eigenvalue weighted by Gasteiger charge is -2.23. The van der Waals surface area contributed by atoms with Crippen molar-refractivity contribution >= 4 is 17.6 Å². The molecule has 10 heteroatoms. The first-order chi connectivity index (χ1) is 13.8. The lowest BCUT2D eigenvalue weighted by molar-refractivity contribution is -0.163. The average Bonchev–Trinajstić information content (AvgIpc) is 3.33. The number of carbonyl (C=O) groups is 2. The fourth-order valence-electron chi connectivity index (χ4n) is 2.57. The van der Waals surface area contributed by atoms with E-state index in [0.29, 0.717) is 10.5 Å². The summed E-state index contributed by atoms with van der Waals surface area (Å²) in [6, 6.07) is 12.9. The molecule has 3 rings (SSSR count). The van der Waals surface area contributed by atoms with E-state index in [1.54, 1.807) is 30.3 Å². The highest BCUT2D eigenvalue weighted by atomic mass is 19.4. The van der Waals surface area contributed by atoms with Gasteiger partial charge in [-0.3, -0.25) is 14.3 Å². The molecule has 29 heavy (non-hydrogen) atoms. The summed E-state index contributed by atoms with van der Waals surface area (Å²) in [5.41, 5.74) is 0.424. The summed E-state index contributed by atoms with van der Waals surface area (Å²) in [4.78, 5) is 25.2. The molecule has 0 bridgehead atoms. The number of nitrogens with zero attached hydrogens (tertiary/aromatic N) is 3. The van der Waals surface area contributed by atoms with E-state index in [0.717, 1.165) is 4.68 Å². The highest BCUT2D eigenvalue weighted by Crippen LogP contribution is 2.19. The Kier molecular flexibility index (Phi) is 6.01. The standard InChI is InChI=1S/C19H17F3N4O3/c20-19(21,22)13-25(11-15-7-4-10-29-15)17(27)12-26-9-8-16(24-26)23-18(28)14-5-2-1-3-6-14/h1-10H,11-13H2,(H,23,24,28). The molecule has 3 aromatic rings. The van der Waals surface area contributed by atoms with Crippen molar-refractivity contribution < 1.29 is 27.2 Å². The number of amides is 2. The van der Waals surface area contributed by atoms with Gasteiger partial charge < -0.3 is 14.6 Å². The highest BCUT2D eigenvalue weighted by Gasteiger charge is 2.33. The first-order valence-electron chi connectivity index (χ1n) is 8.57. The zero-order valence-electron chi connectivity index (χ0n) is 15.1. The van der Waals surface area contributed by atoms with Gasteiger partial charge in [0.15, 0.2) is 5.82 Å². The molecule has 0 saturated carbocycles. The smallest absolute Gasteiger partial charge is 0.406 e. The summed E-state index contributed by atoms with van der Waals surface area (Å²) in [6.45, 7) is -2.15. The summed E-state index contributed by atoms with van der Waals surface area (Å²) >= 11 is 0. The van der Waals surface area contributed by atoms with E-state index in [1.807, 2.05) is 0 Å². The van der Waals surface area contributed by atoms with Gasteiger partial charge >= 0.3 is 6.18 Å². The number of hydrogen-bond acceptors (Lipinski definition) is 4. The molecule has 0 atom stereocenters. The third-order valence-corrected chi connectivity index (χ3v) is 3.87. The molecule has 2 amide bonds. The number of carbonyl (C=O) groups excluding carboxylic acids is 2. The summed E-state index contributed by atoms with van der Waals surface area (Å²) in [5.74, 6) is -0.764. The Morgan fingerprint density at radius 1 is 1.10 bits per heavy atom. The normalized spacial score (nSPS) is 11.3. The minimum absolute atomic E-state index is 0.181. The Morgan fingerprint density at radius 3 is 2.52 bits per heavy atom. The van der Waals surface area contributed by atoms with Gasteiger partial charge in [0.05, 0.1) is 12.8 Å². The van der Waals surface area contributed by atoms with Gasteiger partial charge in [0.2, 0.25) is 5.91 Å². The van der Waals surface area contributed by atoms with Crippen LogP contribution >= 0.6 is 0 Å². The van der Waals surface area contributed by atoms with Crippen molar-refractivity contribution in [3.8, 4) is 0 Å². The second-order valence-electron chi connectivity index (χ2n) is 6.16. The molecular formula is C19H17F3N4O3. The van der Waals surface area contributed by atoms with Gasteiger partial charge in [-0.05, 0) is 24.3 Å². The Balaban J connectivity index is 1.64. The van der Waals surface area contributed by atoms with Crippen LogP contribution in [0.5, 0.6) is 0 Å². The van der Waals surface area contributed by atoms with Crippen LogP contribution in [0.1, 0.15) is 16.1 Å². The Hall–Kier alpha value is -3.56. The lowest BCUT2D eigenvalue weighted by atomic mass is 10.2. The molecule has 0 saturated heterocycles. The Bertz CT molecular complexity index is 953. The topological polar surface area (TPSA) is 80.4 Å². The van der Waals surface area contributed by atoms with Gasteiger partial charge in [-0.2, -0.15) is 18.3 Å². The Morgan fingerprint density at radius 2 is 1.86 bits per heavy atom. The van der Waals surface area contributed by atoms with Crippen molar-refractivity contribution in [2.75, 3.05) is 11.9 Å². The summed E-state index contributed by atoms with van der Waals surface area (Å²) in [5, 5.41) is 6.59. The number of furan rings is 1. The van der Waals surface area contributed by atoms with Crippen LogP contribution in [0.25, 0.3) is 0 Å². The molecular weight excluding hydrogens is 389 g/mol. The monoisotopic (exact) mass is 406 g/mol. The van der Waals surface area contributed by atoms with Crippen LogP contribution in [0.2, 0.25) is 0 Å². The lowest BCUT2D eigenvalue weighted by Crippen LogP contribution is -2.40. The number of halogens is 3. The number of aromatic nitrogens is 2. The van der Waals surface area contributed by atoms with Gasteiger partial charge in [-0.1, -0.05) is 18.2 Å². The molecule has 2 aromatic heterocycles. The van der Waals surface area contributed by atoms with Gasteiger partial charge in [0, 0.05) is 17.8 Å². The zero-order chi connectivity index (χ0) is 20.9. The molecule has 152 valence electrons. The predicted molar refractivity (Wildman–Crippen MR) is 96.8 cm³/mol. The van der Waals surface area contributed by atoms with E-state index < -0.39 is 31.1 Å². The third-order valence-electron chi connectivity index (χ3n) is 3.87. The number of anilines is 1. The SMILES string of the molecule is O=C(Nc1ccn(CC(=O)N(Cc2ccco2)CC(F)(F)F)n1)c1ccccc1. The molecule has 0 aliphatic heterocycles. The van der Waals surface area contributed by atoms with E-state index in [1.165, 1.54) is 30.7 Å². The van der Waals surface area contributed by atoms with Crippen LogP contribution in [0.4, 0.5) is 19.0 Å². The summed E-state index contributed by atoms with van der Waals surface area (Å²) in [7, 11) is 0. The maximum atomic E-state index is 12.8. The summed E-state index contributed by atoms with van der Waals surface area (Å²) < 4.78 is 44.7. The molecule has 0 spiro atoms. The summed E-state index contributed by atoms with van der Waals surface area (Å²) in [6.07, 6.45) is -1.83. The zero-order valence-corrected chi connectivity index (χ0v) is 15.1. The maximum absolute atomic E-state index is 12.8. The number of hydrogen-bond donors (Lipinski definition) is 1. The molecule has 0 fully saturated rings. The van der Waals surface area contributed by atoms with E-state index in [4.69, 9.17) is 4.42 Å². The van der Waals surface area contributed by atoms with Crippen LogP contribution in [0.3, 0.4) is 0 Å². The van der Waals surface area contributed by atoms with E-state index in [2.05, 4.69) is 10.4 Å². The first kappa shape index (κ1) is 20.2. The van der Waals surface area contributed by atoms with Gasteiger partial charge in [-0.25, -0.2) is 0 Å². The minimum atomic E-state index is -4.55. The largest absolute Gasteiger partial charge is 0.467 e. The number of nitrogens with one attached hydrogen (secondary N) is 1. The van der Waals surface area contributed by atoms with Gasteiger partial charge in [-0.15, -0.1) is 0 Å². The van der Waals surface area contributed by atoms with E-state index in [9.17, 15) is 22.8 Å². The van der Waals surface area contributed by atoms with Crippen LogP contribution in [0.15, 0.2) is 65.4 Å². The maximum Gasteiger partial charge on any atom is 0.406 e. The molecule has 7 nitrogen and oxygen atoms in total. The molecule has 0 radical (unpaired) electrons. The van der Waals surface area contributed by atoms with Gasteiger partial charge in [0.25, 0.3) is 5.91 Å². The predicted octanol–water partition coefficient (Wildman–Crippen LogP) is 3.32. The van der Waals surface area contributed by atoms with E-state index in [-0.39, 0.29) is 18.1 Å². The first-order valence-corrected chi connectivity index (χ1v) is 8.57. The fourth-order valence-corrected chi connectivity index (χ4v) is 2.57. The Labute approximate surface area is 163 Å². The second-order valence-corrected chi connectivity index (χ2v) is 6.16. The third kappa shape index (κ3) is 5.96. The van der Waals surface area contributed by atoms with Crippen LogP contribution in [0, 0.1) is 0 Å². The van der Waals surface area contributed by atoms with Crippen LogP contribution in [-0.4, -0.2) is 39.2 Å². The number of benzene rings is 1. The van der Waals surface area contributed by atoms with Crippen molar-refractivity contribution in [2.24, 2.45) is 0 Å². The fraction of sp³-hybridized carbons (Fsp3) is 0.211. The number of rotatable bonds is 7. The molecule has 2 heterocycles. The van der Waals surface area contributed by atoms with Crippen molar-refractivity contribution in [1.82, 2.24) is 14.7 Å². The van der Waals surface area contributed by atoms with Crippen molar-refractivity contribution in [2.45, 2.75) is 19.3 Å². The highest BCUT2D eigenvalue weighted by molar-refractivity contribution is 6.03. The number of alkyl halides is 3. The molecule has 0 unspecified atom stereocenters. The molecule has 1 aromatic carbocycles. The minimum Gasteiger partial charge on any atom is -0.467 e. The van der Waals surface area contributed by atoms with Crippen LogP contribution < -0.4 is 5.32 Å². The molecule has 1 N–H and O–H groups in total. The van der Waals surface area contributed by atoms with Gasteiger partial charge in [0.1, 0.15) is 18.8 Å². The quantitative estimate of drug-likeness (QED) is 0.653. The van der Waals surface area contributed by atoms with Crippen molar-refractivity contribution in [3.63, 3.8) is 0 Å². The molecule has 0 aliphatic carbocycles. The van der Waals surface area contributed by atoms with Crippen molar-refractivity contribution in [1.29, 1.82) is 0 Å². The van der Waals surface area contributed by atoms with Crippen LogP contribution in [-0.2, 0) is 17.9 Å². The average molecular weight is 406 g/mol.